The van der Waals surface area contributed by atoms with Gasteiger partial charge in [0.2, 0.25) is 0 Å². The number of rotatable bonds is 1. The predicted octanol–water partition coefficient (Wildman–Crippen LogP) is 2.38. The van der Waals surface area contributed by atoms with Crippen molar-refractivity contribution in [2.24, 2.45) is 0 Å². The highest BCUT2D eigenvalue weighted by Gasteiger charge is 2.10. The summed E-state index contributed by atoms with van der Waals surface area (Å²) in [5, 5.41) is 0.161. The summed E-state index contributed by atoms with van der Waals surface area (Å²) >= 11 is 5.47. The second kappa shape index (κ2) is 3.09. The lowest BCUT2D eigenvalue weighted by Gasteiger charge is -1.99. The SMILES string of the molecule is Cc1nc(C(F)F)cnc1Cl. The van der Waals surface area contributed by atoms with E-state index in [0.29, 0.717) is 5.69 Å². The molecule has 0 fully saturated rings. The van der Waals surface area contributed by atoms with Crippen LogP contribution in [0, 0.1) is 6.92 Å². The van der Waals surface area contributed by atoms with Gasteiger partial charge in [0.05, 0.1) is 11.9 Å². The second-order valence-corrected chi connectivity index (χ2v) is 2.33. The van der Waals surface area contributed by atoms with Crippen LogP contribution in [0.3, 0.4) is 0 Å². The molecule has 1 rings (SSSR count). The molecule has 0 atom stereocenters. The van der Waals surface area contributed by atoms with E-state index in [1.54, 1.807) is 0 Å². The Morgan fingerprint density at radius 2 is 2.18 bits per heavy atom. The van der Waals surface area contributed by atoms with E-state index in [4.69, 9.17) is 11.6 Å². The van der Waals surface area contributed by atoms with Crippen LogP contribution in [0.2, 0.25) is 5.15 Å². The van der Waals surface area contributed by atoms with Gasteiger partial charge in [-0.05, 0) is 6.92 Å². The Morgan fingerprint density at radius 1 is 1.55 bits per heavy atom. The fourth-order valence-electron chi connectivity index (χ4n) is 0.590. The van der Waals surface area contributed by atoms with Gasteiger partial charge in [-0.1, -0.05) is 11.6 Å². The number of halogens is 3. The monoisotopic (exact) mass is 178 g/mol. The highest BCUT2D eigenvalue weighted by Crippen LogP contribution is 2.17. The summed E-state index contributed by atoms with van der Waals surface area (Å²) in [5.74, 6) is 0. The van der Waals surface area contributed by atoms with E-state index in [0.717, 1.165) is 6.20 Å². The highest BCUT2D eigenvalue weighted by atomic mass is 35.5. The lowest BCUT2D eigenvalue weighted by atomic mass is 10.4. The van der Waals surface area contributed by atoms with Gasteiger partial charge in [0.1, 0.15) is 10.8 Å². The van der Waals surface area contributed by atoms with E-state index in [1.165, 1.54) is 6.92 Å². The zero-order chi connectivity index (χ0) is 8.43. The summed E-state index contributed by atoms with van der Waals surface area (Å²) in [6.07, 6.45) is -1.61. The molecule has 0 saturated heterocycles. The zero-order valence-corrected chi connectivity index (χ0v) is 6.44. The first kappa shape index (κ1) is 8.33. The molecule has 0 unspecified atom stereocenters. The molecule has 0 spiro atoms. The van der Waals surface area contributed by atoms with E-state index >= 15 is 0 Å². The number of hydrogen-bond acceptors (Lipinski definition) is 2. The van der Waals surface area contributed by atoms with Crippen molar-refractivity contribution < 1.29 is 8.78 Å². The maximum atomic E-state index is 11.9. The highest BCUT2D eigenvalue weighted by molar-refractivity contribution is 6.29. The van der Waals surface area contributed by atoms with Gasteiger partial charge in [0.25, 0.3) is 6.43 Å². The lowest BCUT2D eigenvalue weighted by molar-refractivity contribution is 0.145. The fourth-order valence-corrected chi connectivity index (χ4v) is 0.681. The molecule has 60 valence electrons. The summed E-state index contributed by atoms with van der Waals surface area (Å²) in [5.41, 5.74) is -0.0173. The third-order valence-electron chi connectivity index (χ3n) is 1.13. The van der Waals surface area contributed by atoms with E-state index < -0.39 is 6.43 Å². The lowest BCUT2D eigenvalue weighted by Crippen LogP contribution is -1.95. The first-order valence-corrected chi connectivity index (χ1v) is 3.26. The van der Waals surface area contributed by atoms with E-state index in [2.05, 4.69) is 9.97 Å². The third kappa shape index (κ3) is 1.83. The summed E-state index contributed by atoms with van der Waals surface area (Å²) in [6.45, 7) is 1.53. The average Bonchev–Trinajstić information content (AvgIpc) is 1.94. The van der Waals surface area contributed by atoms with Gasteiger partial charge >= 0.3 is 0 Å². The van der Waals surface area contributed by atoms with Gasteiger partial charge in [-0.15, -0.1) is 0 Å². The maximum Gasteiger partial charge on any atom is 0.281 e. The summed E-state index contributed by atoms with van der Waals surface area (Å²) in [4.78, 5) is 7.05. The normalized spacial score (nSPS) is 10.6. The molecule has 5 heteroatoms. The minimum absolute atomic E-state index is 0.161. The van der Waals surface area contributed by atoms with Crippen LogP contribution in [-0.2, 0) is 0 Å². The topological polar surface area (TPSA) is 25.8 Å². The zero-order valence-electron chi connectivity index (χ0n) is 5.68. The molecule has 0 aliphatic heterocycles. The number of aryl methyl sites for hydroxylation is 1. The molecule has 1 heterocycles. The fraction of sp³-hybridized carbons (Fsp3) is 0.333. The first-order chi connectivity index (χ1) is 5.11. The number of aromatic nitrogens is 2. The Labute approximate surface area is 67.2 Å². The average molecular weight is 179 g/mol. The van der Waals surface area contributed by atoms with E-state index in [1.807, 2.05) is 0 Å². The van der Waals surface area contributed by atoms with Crippen LogP contribution in [0.4, 0.5) is 8.78 Å². The van der Waals surface area contributed by atoms with Crippen molar-refractivity contribution in [3.05, 3.63) is 22.7 Å². The molecule has 0 aromatic carbocycles. The van der Waals surface area contributed by atoms with E-state index in [-0.39, 0.29) is 10.8 Å². The van der Waals surface area contributed by atoms with Crippen LogP contribution < -0.4 is 0 Å². The minimum Gasteiger partial charge on any atom is -0.247 e. The summed E-state index contributed by atoms with van der Waals surface area (Å²) in [7, 11) is 0. The standard InChI is InChI=1S/C6H5ClF2N2/c1-3-5(7)10-2-4(11-3)6(8)9/h2,6H,1H3. The minimum atomic E-state index is -2.58. The molecule has 2 nitrogen and oxygen atoms in total. The Hall–Kier alpha value is -0.770. The molecular formula is C6H5ClF2N2. The van der Waals surface area contributed by atoms with Gasteiger partial charge < -0.3 is 0 Å². The van der Waals surface area contributed by atoms with Crippen LogP contribution in [0.25, 0.3) is 0 Å². The molecule has 0 saturated carbocycles. The van der Waals surface area contributed by atoms with Crippen LogP contribution in [-0.4, -0.2) is 9.97 Å². The number of nitrogens with zero attached hydrogens (tertiary/aromatic N) is 2. The van der Waals surface area contributed by atoms with Gasteiger partial charge in [-0.25, -0.2) is 18.7 Å². The molecule has 1 aromatic heterocycles. The molecular weight excluding hydrogens is 174 g/mol. The molecule has 1 aromatic rings. The Balaban J connectivity index is 3.05. The first-order valence-electron chi connectivity index (χ1n) is 2.88. The molecule has 0 aliphatic rings. The van der Waals surface area contributed by atoms with Crippen molar-refractivity contribution in [3.63, 3.8) is 0 Å². The maximum absolute atomic E-state index is 11.9. The van der Waals surface area contributed by atoms with Crippen molar-refractivity contribution in [2.75, 3.05) is 0 Å². The van der Waals surface area contributed by atoms with Crippen molar-refractivity contribution in [3.8, 4) is 0 Å². The van der Waals surface area contributed by atoms with Crippen molar-refractivity contribution in [2.45, 2.75) is 13.3 Å². The quantitative estimate of drug-likeness (QED) is 0.660. The Kier molecular flexibility index (Phi) is 2.34. The predicted molar refractivity (Wildman–Crippen MR) is 36.7 cm³/mol. The molecule has 0 radical (unpaired) electrons. The van der Waals surface area contributed by atoms with Gasteiger partial charge in [0.15, 0.2) is 0 Å². The second-order valence-electron chi connectivity index (χ2n) is 1.97. The van der Waals surface area contributed by atoms with Gasteiger partial charge in [-0.3, -0.25) is 0 Å². The number of alkyl halides is 2. The van der Waals surface area contributed by atoms with Crippen molar-refractivity contribution >= 4 is 11.6 Å². The van der Waals surface area contributed by atoms with Crippen LogP contribution in [0.5, 0.6) is 0 Å². The molecule has 0 bridgehead atoms. The Bertz CT molecular complexity index is 265. The van der Waals surface area contributed by atoms with Crippen molar-refractivity contribution in [1.29, 1.82) is 0 Å². The van der Waals surface area contributed by atoms with Crippen LogP contribution in [0.1, 0.15) is 17.8 Å². The molecule has 11 heavy (non-hydrogen) atoms. The van der Waals surface area contributed by atoms with Gasteiger partial charge in [0, 0.05) is 0 Å². The number of hydrogen-bond donors (Lipinski definition) is 0. The van der Waals surface area contributed by atoms with Crippen molar-refractivity contribution in [1.82, 2.24) is 9.97 Å². The van der Waals surface area contributed by atoms with Crippen LogP contribution in [0.15, 0.2) is 6.20 Å². The summed E-state index contributed by atoms with van der Waals surface area (Å²) < 4.78 is 23.9. The van der Waals surface area contributed by atoms with Crippen LogP contribution >= 0.6 is 11.6 Å². The molecule has 0 aliphatic carbocycles. The Morgan fingerprint density at radius 3 is 2.64 bits per heavy atom. The molecule has 0 N–H and O–H groups in total. The van der Waals surface area contributed by atoms with E-state index in [9.17, 15) is 8.78 Å². The summed E-state index contributed by atoms with van der Waals surface area (Å²) in [6, 6.07) is 0. The third-order valence-corrected chi connectivity index (χ3v) is 1.50. The smallest absolute Gasteiger partial charge is 0.247 e. The van der Waals surface area contributed by atoms with Gasteiger partial charge in [-0.2, -0.15) is 0 Å². The largest absolute Gasteiger partial charge is 0.281 e. The molecule has 0 amide bonds.